The lowest BCUT2D eigenvalue weighted by Crippen LogP contribution is -2.35. The summed E-state index contributed by atoms with van der Waals surface area (Å²) in [7, 11) is 0. The molecule has 0 aliphatic rings. The van der Waals surface area contributed by atoms with Crippen molar-refractivity contribution in [1.82, 2.24) is 10.3 Å². The number of H-pyrrole nitrogens is 1. The third-order valence-electron chi connectivity index (χ3n) is 5.26. The lowest BCUT2D eigenvalue weighted by atomic mass is 9.95. The second kappa shape index (κ2) is 10.5. The van der Waals surface area contributed by atoms with Crippen LogP contribution in [0.25, 0.3) is 10.9 Å². The highest BCUT2D eigenvalue weighted by atomic mass is 19.4. The lowest BCUT2D eigenvalue weighted by molar-refractivity contribution is -0.182. The van der Waals surface area contributed by atoms with Crippen molar-refractivity contribution in [3.8, 4) is 0 Å². The Morgan fingerprint density at radius 2 is 1.69 bits per heavy atom. The molecular weight excluding hydrogens is 461 g/mol. The number of aryl methyl sites for hydroxylation is 1. The quantitative estimate of drug-likeness (QED) is 0.260. The number of allylic oxidation sites excluding steroid dienone is 2. The summed E-state index contributed by atoms with van der Waals surface area (Å²) < 4.78 is 46.6. The summed E-state index contributed by atoms with van der Waals surface area (Å²) in [6, 6.07) is 15.3. The molecule has 184 valence electrons. The van der Waals surface area contributed by atoms with Crippen LogP contribution in [0.3, 0.4) is 0 Å². The Bertz CT molecular complexity index is 1280. The Kier molecular flexibility index (Phi) is 7.63. The van der Waals surface area contributed by atoms with E-state index in [1.54, 1.807) is 49.4 Å². The topological polar surface area (TPSA) is 107 Å². The minimum Gasteiger partial charge on any atom is -0.455 e. The molecular formula is C25H25F3N4O3. The zero-order chi connectivity index (χ0) is 25.8. The first-order valence-corrected chi connectivity index (χ1v) is 10.7. The van der Waals surface area contributed by atoms with Gasteiger partial charge in [-0.3, -0.25) is 9.59 Å². The summed E-state index contributed by atoms with van der Waals surface area (Å²) in [5.74, 6) is -5.02. The van der Waals surface area contributed by atoms with Gasteiger partial charge in [0.15, 0.2) is 12.5 Å². The van der Waals surface area contributed by atoms with Crippen molar-refractivity contribution in [2.45, 2.75) is 32.9 Å². The number of benzene rings is 2. The van der Waals surface area contributed by atoms with Gasteiger partial charge in [0.05, 0.1) is 11.4 Å². The molecule has 3 rings (SSSR count). The molecule has 10 heteroatoms. The number of hydrogen-bond acceptors (Lipinski definition) is 5. The molecule has 1 heterocycles. The van der Waals surface area contributed by atoms with Crippen LogP contribution in [0.4, 0.5) is 18.9 Å². The van der Waals surface area contributed by atoms with Gasteiger partial charge in [0.25, 0.3) is 5.91 Å². The molecule has 0 saturated carbocycles. The first-order valence-electron chi connectivity index (χ1n) is 10.7. The molecule has 2 aromatic carbocycles. The number of alkyl halides is 3. The Hall–Kier alpha value is -4.08. The number of fused-ring (bicyclic) bond motifs is 1. The second-order valence-corrected chi connectivity index (χ2v) is 7.96. The molecule has 0 fully saturated rings. The maximum atomic E-state index is 13.9. The van der Waals surface area contributed by atoms with E-state index in [-0.39, 0.29) is 28.1 Å². The van der Waals surface area contributed by atoms with Gasteiger partial charge < -0.3 is 25.8 Å². The standard InChI is InChI=1S/C25H25F3N4O3/c1-14(29)23(16(3)30-17-9-5-4-6-10-17)32-20(33)13-35-24(34)22(25(26,27)28)21-15(2)31-19-12-8-7-11-18(19)21/h4-12,22,29-31H,13H2,1-3H3,(H,32,33)/b23-16+,29-14?. The molecule has 1 unspecified atom stereocenters. The largest absolute Gasteiger partial charge is 0.455 e. The fraction of sp³-hybridized carbons (Fsp3) is 0.240. The third kappa shape index (κ3) is 6.08. The van der Waals surface area contributed by atoms with Crippen LogP contribution < -0.4 is 10.6 Å². The number of aromatic amines is 1. The van der Waals surface area contributed by atoms with Crippen molar-refractivity contribution in [3.63, 3.8) is 0 Å². The van der Waals surface area contributed by atoms with Crippen molar-refractivity contribution in [2.75, 3.05) is 11.9 Å². The molecule has 0 radical (unpaired) electrons. The number of amides is 1. The fourth-order valence-corrected chi connectivity index (χ4v) is 3.75. The second-order valence-electron chi connectivity index (χ2n) is 7.96. The van der Waals surface area contributed by atoms with Crippen LogP contribution in [0.5, 0.6) is 0 Å². The van der Waals surface area contributed by atoms with Crippen molar-refractivity contribution >= 4 is 34.2 Å². The summed E-state index contributed by atoms with van der Waals surface area (Å²) >= 11 is 0. The number of carbonyl (C=O) groups is 2. The van der Waals surface area contributed by atoms with Crippen LogP contribution in [0.2, 0.25) is 0 Å². The Balaban J connectivity index is 1.76. The number of esters is 1. The minimum absolute atomic E-state index is 0.00759. The highest BCUT2D eigenvalue weighted by molar-refractivity contribution is 6.00. The van der Waals surface area contributed by atoms with Gasteiger partial charge >= 0.3 is 12.1 Å². The molecule has 1 atom stereocenters. The van der Waals surface area contributed by atoms with E-state index in [1.807, 2.05) is 6.07 Å². The van der Waals surface area contributed by atoms with Gasteiger partial charge in [-0.2, -0.15) is 13.2 Å². The Morgan fingerprint density at radius 3 is 2.31 bits per heavy atom. The number of ether oxygens (including phenoxy) is 1. The molecule has 3 aromatic rings. The maximum absolute atomic E-state index is 13.9. The number of para-hydroxylation sites is 2. The molecule has 4 N–H and O–H groups in total. The summed E-state index contributed by atoms with van der Waals surface area (Å²) in [4.78, 5) is 27.9. The van der Waals surface area contributed by atoms with Gasteiger partial charge in [0, 0.05) is 33.5 Å². The summed E-state index contributed by atoms with van der Waals surface area (Å²) in [6.07, 6.45) is -4.93. The highest BCUT2D eigenvalue weighted by Crippen LogP contribution is 2.40. The molecule has 0 aliphatic carbocycles. The number of carbonyl (C=O) groups excluding carboxylic acids is 2. The van der Waals surface area contributed by atoms with Crippen LogP contribution in [0.15, 0.2) is 66.0 Å². The van der Waals surface area contributed by atoms with Gasteiger partial charge in [-0.25, -0.2) is 0 Å². The van der Waals surface area contributed by atoms with Gasteiger partial charge in [0.1, 0.15) is 0 Å². The van der Waals surface area contributed by atoms with Crippen molar-refractivity contribution in [3.05, 3.63) is 77.2 Å². The van der Waals surface area contributed by atoms with Crippen LogP contribution in [-0.4, -0.2) is 35.4 Å². The highest BCUT2D eigenvalue weighted by Gasteiger charge is 2.49. The van der Waals surface area contributed by atoms with E-state index >= 15 is 0 Å². The van der Waals surface area contributed by atoms with Crippen molar-refractivity contribution in [2.24, 2.45) is 0 Å². The van der Waals surface area contributed by atoms with E-state index in [2.05, 4.69) is 15.6 Å². The van der Waals surface area contributed by atoms with Gasteiger partial charge in [-0.1, -0.05) is 36.4 Å². The Labute approximate surface area is 199 Å². The van der Waals surface area contributed by atoms with Crippen molar-refractivity contribution in [1.29, 1.82) is 5.41 Å². The van der Waals surface area contributed by atoms with Gasteiger partial charge in [-0.05, 0) is 39.0 Å². The molecule has 1 aromatic heterocycles. The molecule has 1 amide bonds. The van der Waals surface area contributed by atoms with E-state index in [0.717, 1.165) is 0 Å². The number of halogens is 3. The molecule has 0 spiro atoms. The van der Waals surface area contributed by atoms with E-state index in [4.69, 9.17) is 10.1 Å². The predicted octanol–water partition coefficient (Wildman–Crippen LogP) is 5.16. The number of anilines is 1. The zero-order valence-electron chi connectivity index (χ0n) is 19.3. The van der Waals surface area contributed by atoms with Crippen LogP contribution >= 0.6 is 0 Å². The van der Waals surface area contributed by atoms with E-state index in [1.165, 1.54) is 19.9 Å². The van der Waals surface area contributed by atoms with Crippen LogP contribution in [0, 0.1) is 12.3 Å². The van der Waals surface area contributed by atoms with E-state index in [9.17, 15) is 22.8 Å². The van der Waals surface area contributed by atoms with Crippen LogP contribution in [0.1, 0.15) is 31.0 Å². The van der Waals surface area contributed by atoms with Gasteiger partial charge in [-0.15, -0.1) is 0 Å². The fourth-order valence-electron chi connectivity index (χ4n) is 3.75. The average Bonchev–Trinajstić information content (AvgIpc) is 3.11. The SMILES string of the molecule is CC(=N)/C(NC(=O)COC(=O)C(c1c(C)[nH]c2ccccc12)C(F)(F)F)=C(/C)Nc1ccccc1. The van der Waals surface area contributed by atoms with Crippen LogP contribution in [-0.2, 0) is 14.3 Å². The minimum atomic E-state index is -4.93. The summed E-state index contributed by atoms with van der Waals surface area (Å²) in [6.45, 7) is 3.58. The van der Waals surface area contributed by atoms with E-state index in [0.29, 0.717) is 16.9 Å². The Morgan fingerprint density at radius 1 is 1.06 bits per heavy atom. The van der Waals surface area contributed by atoms with Gasteiger partial charge in [0.2, 0.25) is 0 Å². The lowest BCUT2D eigenvalue weighted by Gasteiger charge is -2.20. The zero-order valence-corrected chi connectivity index (χ0v) is 19.3. The first-order chi connectivity index (χ1) is 16.5. The molecule has 0 bridgehead atoms. The van der Waals surface area contributed by atoms with Crippen molar-refractivity contribution < 1.29 is 27.5 Å². The van der Waals surface area contributed by atoms with E-state index < -0.39 is 30.6 Å². The normalized spacial score (nSPS) is 13.1. The molecule has 0 aliphatic heterocycles. The molecule has 7 nitrogen and oxygen atoms in total. The maximum Gasteiger partial charge on any atom is 0.406 e. The predicted molar refractivity (Wildman–Crippen MR) is 127 cm³/mol. The number of aromatic nitrogens is 1. The monoisotopic (exact) mass is 486 g/mol. The average molecular weight is 486 g/mol. The first kappa shape index (κ1) is 25.5. The number of nitrogens with one attached hydrogen (secondary N) is 4. The summed E-state index contributed by atoms with van der Waals surface area (Å²) in [5.41, 5.74) is 1.68. The molecule has 35 heavy (non-hydrogen) atoms. The summed E-state index contributed by atoms with van der Waals surface area (Å²) in [5, 5.41) is 13.7. The number of rotatable bonds is 8. The number of hydrogen-bond donors (Lipinski definition) is 4. The smallest absolute Gasteiger partial charge is 0.406 e. The molecule has 0 saturated heterocycles. The third-order valence-corrected chi connectivity index (χ3v) is 5.26.